The number of benzene rings is 1. The average molecular weight is 280 g/mol. The fourth-order valence-corrected chi connectivity index (χ4v) is 1.43. The van der Waals surface area contributed by atoms with Crippen LogP contribution in [0.25, 0.3) is 0 Å². The van der Waals surface area contributed by atoms with E-state index in [1.807, 2.05) is 5.32 Å². The zero-order valence-electron chi connectivity index (χ0n) is 10.5. The van der Waals surface area contributed by atoms with Crippen LogP contribution in [0.15, 0.2) is 18.2 Å². The minimum atomic E-state index is -1.40. The van der Waals surface area contributed by atoms with Crippen LogP contribution in [0.5, 0.6) is 0 Å². The lowest BCUT2D eigenvalue weighted by molar-refractivity contribution is 0.0678. The summed E-state index contributed by atoms with van der Waals surface area (Å²) in [6, 6.07) is 2.17. The summed E-state index contributed by atoms with van der Waals surface area (Å²) in [6.45, 7) is 1.91. The fourth-order valence-electron chi connectivity index (χ4n) is 1.43. The van der Waals surface area contributed by atoms with Crippen LogP contribution in [0, 0.1) is 0 Å². The Morgan fingerprint density at radius 3 is 2.20 bits per heavy atom. The van der Waals surface area contributed by atoms with Crippen molar-refractivity contribution in [3.63, 3.8) is 0 Å². The summed E-state index contributed by atoms with van der Waals surface area (Å²) in [4.78, 5) is 44.8. The highest BCUT2D eigenvalue weighted by atomic mass is 16.4. The van der Waals surface area contributed by atoms with Gasteiger partial charge in [-0.3, -0.25) is 10.1 Å². The monoisotopic (exact) mass is 280 g/mol. The first-order valence-corrected chi connectivity index (χ1v) is 5.56. The molecule has 0 fully saturated rings. The first kappa shape index (κ1) is 15.2. The molecular weight excluding hydrogens is 268 g/mol. The number of urea groups is 1. The highest BCUT2D eigenvalue weighted by Gasteiger charge is 2.20. The fraction of sp³-hybridized carbons (Fsp3) is 0.167. The number of aromatic carboxylic acids is 2. The molecular formula is C12H12N2O6. The summed E-state index contributed by atoms with van der Waals surface area (Å²) in [6.07, 6.45) is 0. The number of carbonyl (C=O) groups is 4. The van der Waals surface area contributed by atoms with E-state index in [4.69, 9.17) is 10.2 Å². The Hall–Kier alpha value is -2.90. The van der Waals surface area contributed by atoms with Crippen molar-refractivity contribution in [1.82, 2.24) is 10.6 Å². The van der Waals surface area contributed by atoms with E-state index in [2.05, 4.69) is 5.32 Å². The Morgan fingerprint density at radius 1 is 1.05 bits per heavy atom. The zero-order chi connectivity index (χ0) is 15.3. The van der Waals surface area contributed by atoms with Gasteiger partial charge in [-0.05, 0) is 25.1 Å². The number of hydrogen-bond donors (Lipinski definition) is 4. The predicted molar refractivity (Wildman–Crippen MR) is 66.9 cm³/mol. The molecule has 0 aliphatic rings. The van der Waals surface area contributed by atoms with Crippen molar-refractivity contribution in [3.8, 4) is 0 Å². The Morgan fingerprint density at radius 2 is 1.70 bits per heavy atom. The SMILES string of the molecule is CCNC(=O)NC(=O)c1cc(C(=O)O)ccc1C(=O)O. The minimum Gasteiger partial charge on any atom is -0.478 e. The third kappa shape index (κ3) is 3.55. The van der Waals surface area contributed by atoms with Crippen molar-refractivity contribution < 1.29 is 29.4 Å². The van der Waals surface area contributed by atoms with Crippen molar-refractivity contribution in [2.75, 3.05) is 6.54 Å². The Labute approximate surface area is 113 Å². The molecule has 8 heteroatoms. The Balaban J connectivity index is 3.15. The van der Waals surface area contributed by atoms with Crippen molar-refractivity contribution in [1.29, 1.82) is 0 Å². The second-order valence-electron chi connectivity index (χ2n) is 3.68. The van der Waals surface area contributed by atoms with E-state index < -0.39 is 35.0 Å². The third-order valence-electron chi connectivity index (χ3n) is 2.31. The number of hydrogen-bond acceptors (Lipinski definition) is 4. The molecule has 0 aliphatic carbocycles. The number of nitrogens with one attached hydrogen (secondary N) is 2. The molecule has 0 bridgehead atoms. The van der Waals surface area contributed by atoms with Gasteiger partial charge in [0.05, 0.1) is 16.7 Å². The van der Waals surface area contributed by atoms with Gasteiger partial charge in [-0.2, -0.15) is 0 Å². The second kappa shape index (κ2) is 6.32. The number of carboxylic acid groups (broad SMARTS) is 2. The van der Waals surface area contributed by atoms with E-state index in [9.17, 15) is 19.2 Å². The van der Waals surface area contributed by atoms with Crippen LogP contribution >= 0.6 is 0 Å². The first-order chi connectivity index (χ1) is 9.36. The maximum Gasteiger partial charge on any atom is 0.336 e. The lowest BCUT2D eigenvalue weighted by atomic mass is 10.0. The van der Waals surface area contributed by atoms with Gasteiger partial charge in [0.2, 0.25) is 0 Å². The van der Waals surface area contributed by atoms with Gasteiger partial charge in [-0.25, -0.2) is 14.4 Å². The molecule has 0 saturated carbocycles. The molecule has 106 valence electrons. The van der Waals surface area contributed by atoms with Gasteiger partial charge >= 0.3 is 18.0 Å². The van der Waals surface area contributed by atoms with E-state index in [-0.39, 0.29) is 12.1 Å². The minimum absolute atomic E-state index is 0.254. The van der Waals surface area contributed by atoms with Crippen LogP contribution in [-0.4, -0.2) is 40.6 Å². The van der Waals surface area contributed by atoms with Crippen molar-refractivity contribution in [2.24, 2.45) is 0 Å². The number of rotatable bonds is 4. The normalized spacial score (nSPS) is 9.65. The number of amides is 3. The molecule has 1 aromatic rings. The van der Waals surface area contributed by atoms with Gasteiger partial charge in [0.15, 0.2) is 0 Å². The lowest BCUT2D eigenvalue weighted by Gasteiger charge is -2.08. The Bertz CT molecular complexity index is 581. The maximum absolute atomic E-state index is 11.8. The van der Waals surface area contributed by atoms with Crippen molar-refractivity contribution in [3.05, 3.63) is 34.9 Å². The standard InChI is InChI=1S/C12H12N2O6/c1-2-13-12(20)14-9(15)8-5-6(10(16)17)3-4-7(8)11(18)19/h3-5H,2H2,1H3,(H,16,17)(H,18,19)(H2,13,14,15,20). The summed E-state index contributed by atoms with van der Waals surface area (Å²) >= 11 is 0. The molecule has 0 saturated heterocycles. The lowest BCUT2D eigenvalue weighted by Crippen LogP contribution is -2.39. The van der Waals surface area contributed by atoms with E-state index in [0.717, 1.165) is 18.2 Å². The zero-order valence-corrected chi connectivity index (χ0v) is 10.5. The van der Waals surface area contributed by atoms with E-state index in [1.54, 1.807) is 6.92 Å². The maximum atomic E-state index is 11.8. The molecule has 0 radical (unpaired) electrons. The van der Waals surface area contributed by atoms with Crippen LogP contribution in [0.3, 0.4) is 0 Å². The van der Waals surface area contributed by atoms with Crippen molar-refractivity contribution in [2.45, 2.75) is 6.92 Å². The molecule has 4 N–H and O–H groups in total. The van der Waals surface area contributed by atoms with Gasteiger partial charge in [0.1, 0.15) is 0 Å². The molecule has 0 aromatic heterocycles. The molecule has 8 nitrogen and oxygen atoms in total. The van der Waals surface area contributed by atoms with Gasteiger partial charge in [0.25, 0.3) is 5.91 Å². The summed E-state index contributed by atoms with van der Waals surface area (Å²) in [5.41, 5.74) is -1.04. The molecule has 1 rings (SSSR count). The van der Waals surface area contributed by atoms with Crippen LogP contribution < -0.4 is 10.6 Å². The number of carboxylic acids is 2. The summed E-state index contributed by atoms with van der Waals surface area (Å²) in [5.74, 6) is -3.70. The van der Waals surface area contributed by atoms with Gasteiger partial charge < -0.3 is 15.5 Å². The molecule has 0 aliphatic heterocycles. The largest absolute Gasteiger partial charge is 0.478 e. The van der Waals surface area contributed by atoms with Crippen molar-refractivity contribution >= 4 is 23.9 Å². The van der Waals surface area contributed by atoms with Gasteiger partial charge in [-0.1, -0.05) is 0 Å². The molecule has 3 amide bonds. The van der Waals surface area contributed by atoms with Gasteiger partial charge in [-0.15, -0.1) is 0 Å². The predicted octanol–water partition coefficient (Wildman–Crippen LogP) is 0.542. The highest BCUT2D eigenvalue weighted by Crippen LogP contribution is 2.13. The van der Waals surface area contributed by atoms with Crippen LogP contribution in [-0.2, 0) is 0 Å². The average Bonchev–Trinajstić information content (AvgIpc) is 2.37. The molecule has 0 atom stereocenters. The molecule has 1 aromatic carbocycles. The van der Waals surface area contributed by atoms with Crippen LogP contribution in [0.4, 0.5) is 4.79 Å². The van der Waals surface area contributed by atoms with Crippen LogP contribution in [0.2, 0.25) is 0 Å². The first-order valence-electron chi connectivity index (χ1n) is 5.56. The summed E-state index contributed by atoms with van der Waals surface area (Å²) in [7, 11) is 0. The number of imide groups is 1. The quantitative estimate of drug-likeness (QED) is 0.636. The Kier molecular flexibility index (Phi) is 4.79. The third-order valence-corrected chi connectivity index (χ3v) is 2.31. The highest BCUT2D eigenvalue weighted by molar-refractivity contribution is 6.11. The van der Waals surface area contributed by atoms with E-state index >= 15 is 0 Å². The topological polar surface area (TPSA) is 133 Å². The smallest absolute Gasteiger partial charge is 0.336 e. The molecule has 0 spiro atoms. The second-order valence-corrected chi connectivity index (χ2v) is 3.68. The molecule has 0 unspecified atom stereocenters. The number of carbonyl (C=O) groups excluding carboxylic acids is 2. The summed E-state index contributed by atoms with van der Waals surface area (Å²) in [5, 5.41) is 22.0. The van der Waals surface area contributed by atoms with E-state index in [1.165, 1.54) is 0 Å². The van der Waals surface area contributed by atoms with Crippen LogP contribution in [0.1, 0.15) is 38.0 Å². The molecule has 20 heavy (non-hydrogen) atoms. The van der Waals surface area contributed by atoms with E-state index in [0.29, 0.717) is 0 Å². The molecule has 0 heterocycles. The van der Waals surface area contributed by atoms with Gasteiger partial charge in [0, 0.05) is 6.54 Å². The summed E-state index contributed by atoms with van der Waals surface area (Å²) < 4.78 is 0.